The van der Waals surface area contributed by atoms with Crippen LogP contribution in [-0.4, -0.2) is 19.7 Å². The molecule has 0 aliphatic heterocycles. The van der Waals surface area contributed by atoms with Crippen LogP contribution in [0.25, 0.3) is 10.9 Å². The van der Waals surface area contributed by atoms with Crippen LogP contribution in [0, 0.1) is 13.8 Å². The summed E-state index contributed by atoms with van der Waals surface area (Å²) in [6, 6.07) is 6.09. The van der Waals surface area contributed by atoms with Crippen LogP contribution in [0.5, 0.6) is 0 Å². The smallest absolute Gasteiger partial charge is 0.227 e. The molecule has 0 atom stereocenters. The Morgan fingerprint density at radius 3 is 2.80 bits per heavy atom. The number of nitrogens with zero attached hydrogens (tertiary/aromatic N) is 4. The summed E-state index contributed by atoms with van der Waals surface area (Å²) in [6.07, 6.45) is 3.72. The number of nitrogens with one attached hydrogen (secondary N) is 1. The molecule has 0 radical (unpaired) electrons. The second-order valence-corrected chi connectivity index (χ2v) is 4.79. The summed E-state index contributed by atoms with van der Waals surface area (Å²) in [5.74, 6) is 0.615. The fourth-order valence-corrected chi connectivity index (χ4v) is 2.19. The van der Waals surface area contributed by atoms with E-state index in [4.69, 9.17) is 0 Å². The van der Waals surface area contributed by atoms with Crippen LogP contribution in [0.15, 0.2) is 30.6 Å². The van der Waals surface area contributed by atoms with Crippen LogP contribution >= 0.6 is 0 Å². The molecule has 0 bridgehead atoms. The first-order chi connectivity index (χ1) is 9.69. The molecule has 1 N–H and O–H groups in total. The molecule has 0 amide bonds. The van der Waals surface area contributed by atoms with Gasteiger partial charge in [-0.3, -0.25) is 4.68 Å². The average molecular weight is 267 g/mol. The fourth-order valence-electron chi connectivity index (χ4n) is 2.19. The molecule has 0 unspecified atom stereocenters. The molecule has 5 nitrogen and oxygen atoms in total. The van der Waals surface area contributed by atoms with Gasteiger partial charge in [-0.15, -0.1) is 0 Å². The van der Waals surface area contributed by atoms with Crippen molar-refractivity contribution in [2.75, 3.05) is 5.32 Å². The molecule has 0 spiro atoms. The zero-order valence-corrected chi connectivity index (χ0v) is 11.9. The average Bonchev–Trinajstić information content (AvgIpc) is 2.87. The summed E-state index contributed by atoms with van der Waals surface area (Å²) >= 11 is 0. The van der Waals surface area contributed by atoms with Crippen LogP contribution in [0.3, 0.4) is 0 Å². The first-order valence-electron chi connectivity index (χ1n) is 6.71. The SMILES string of the molecule is CCn1ncc2cccc(Nc3ncc(C)c(C)n3)c21. The standard InChI is InChI=1S/C15H17N5/c1-4-20-14-12(9-17-20)6-5-7-13(14)19-15-16-8-10(2)11(3)18-15/h5-9H,4H2,1-3H3,(H,16,18,19). The maximum atomic E-state index is 4.46. The molecule has 0 saturated heterocycles. The van der Waals surface area contributed by atoms with Crippen molar-refractivity contribution in [3.05, 3.63) is 41.9 Å². The molecule has 0 fully saturated rings. The second-order valence-electron chi connectivity index (χ2n) is 4.79. The second kappa shape index (κ2) is 4.92. The van der Waals surface area contributed by atoms with Crippen molar-refractivity contribution in [1.29, 1.82) is 0 Å². The Labute approximate surface area is 117 Å². The Hall–Kier alpha value is -2.43. The summed E-state index contributed by atoms with van der Waals surface area (Å²) in [5, 5.41) is 8.79. The van der Waals surface area contributed by atoms with E-state index in [9.17, 15) is 0 Å². The van der Waals surface area contributed by atoms with Crippen LogP contribution in [0.1, 0.15) is 18.2 Å². The normalized spacial score (nSPS) is 10.9. The Morgan fingerprint density at radius 2 is 2.05 bits per heavy atom. The number of rotatable bonds is 3. The minimum Gasteiger partial charge on any atom is -0.322 e. The van der Waals surface area contributed by atoms with E-state index >= 15 is 0 Å². The van der Waals surface area contributed by atoms with E-state index in [-0.39, 0.29) is 0 Å². The predicted octanol–water partition coefficient (Wildman–Crippen LogP) is 3.21. The molecule has 2 aromatic heterocycles. The van der Waals surface area contributed by atoms with Crippen molar-refractivity contribution in [1.82, 2.24) is 19.7 Å². The Morgan fingerprint density at radius 1 is 1.20 bits per heavy atom. The van der Waals surface area contributed by atoms with Crippen molar-refractivity contribution in [2.45, 2.75) is 27.3 Å². The van der Waals surface area contributed by atoms with Gasteiger partial charge >= 0.3 is 0 Å². The number of fused-ring (bicyclic) bond motifs is 1. The molecule has 3 rings (SSSR count). The van der Waals surface area contributed by atoms with Crippen LogP contribution < -0.4 is 5.32 Å². The highest BCUT2D eigenvalue weighted by molar-refractivity contribution is 5.91. The first kappa shape index (κ1) is 12.6. The van der Waals surface area contributed by atoms with E-state index in [1.54, 1.807) is 0 Å². The van der Waals surface area contributed by atoms with E-state index < -0.39 is 0 Å². The molecule has 20 heavy (non-hydrogen) atoms. The van der Waals surface area contributed by atoms with Gasteiger partial charge in [-0.1, -0.05) is 12.1 Å². The van der Waals surface area contributed by atoms with Gasteiger partial charge in [-0.05, 0) is 32.4 Å². The van der Waals surface area contributed by atoms with Gasteiger partial charge in [0, 0.05) is 23.8 Å². The lowest BCUT2D eigenvalue weighted by atomic mass is 10.2. The summed E-state index contributed by atoms with van der Waals surface area (Å²) in [5.41, 5.74) is 4.13. The largest absolute Gasteiger partial charge is 0.322 e. The lowest BCUT2D eigenvalue weighted by Crippen LogP contribution is -2.03. The maximum absolute atomic E-state index is 4.46. The third kappa shape index (κ3) is 2.11. The molecule has 0 aliphatic rings. The molecule has 5 heteroatoms. The number of hydrogen-bond acceptors (Lipinski definition) is 4. The molecule has 102 valence electrons. The molecule has 1 aromatic carbocycles. The Bertz CT molecular complexity index is 760. The number of hydrogen-bond donors (Lipinski definition) is 1. The summed E-state index contributed by atoms with van der Waals surface area (Å²) < 4.78 is 1.97. The minimum atomic E-state index is 0.615. The van der Waals surface area contributed by atoms with Crippen molar-refractivity contribution in [3.63, 3.8) is 0 Å². The van der Waals surface area contributed by atoms with Gasteiger partial charge in [0.05, 0.1) is 17.4 Å². The highest BCUT2D eigenvalue weighted by Crippen LogP contribution is 2.25. The fraction of sp³-hybridized carbons (Fsp3) is 0.267. The minimum absolute atomic E-state index is 0.615. The van der Waals surface area contributed by atoms with E-state index in [1.165, 1.54) is 0 Å². The van der Waals surface area contributed by atoms with E-state index in [1.807, 2.05) is 43.1 Å². The van der Waals surface area contributed by atoms with Crippen molar-refractivity contribution < 1.29 is 0 Å². The molecule has 3 aromatic rings. The predicted molar refractivity (Wildman–Crippen MR) is 80.2 cm³/mol. The third-order valence-corrected chi connectivity index (χ3v) is 3.43. The highest BCUT2D eigenvalue weighted by Gasteiger charge is 2.08. The maximum Gasteiger partial charge on any atom is 0.227 e. The number of para-hydroxylation sites is 1. The van der Waals surface area contributed by atoms with Crippen LogP contribution in [0.2, 0.25) is 0 Å². The van der Waals surface area contributed by atoms with Crippen LogP contribution in [0.4, 0.5) is 11.6 Å². The summed E-state index contributed by atoms with van der Waals surface area (Å²) in [6.45, 7) is 6.90. The third-order valence-electron chi connectivity index (χ3n) is 3.43. The van der Waals surface area contributed by atoms with Gasteiger partial charge < -0.3 is 5.32 Å². The van der Waals surface area contributed by atoms with Gasteiger partial charge in [-0.2, -0.15) is 5.10 Å². The molecular formula is C15H17N5. The number of benzene rings is 1. The molecular weight excluding hydrogens is 250 g/mol. The van der Waals surface area contributed by atoms with Gasteiger partial charge in [0.2, 0.25) is 5.95 Å². The van der Waals surface area contributed by atoms with Crippen molar-refractivity contribution >= 4 is 22.5 Å². The first-order valence-corrected chi connectivity index (χ1v) is 6.71. The Balaban J connectivity index is 2.05. The zero-order chi connectivity index (χ0) is 14.1. The lowest BCUT2D eigenvalue weighted by molar-refractivity contribution is 0.684. The van der Waals surface area contributed by atoms with Crippen molar-refractivity contribution in [2.24, 2.45) is 0 Å². The molecule has 0 aliphatic carbocycles. The van der Waals surface area contributed by atoms with Gasteiger partial charge in [-0.25, -0.2) is 9.97 Å². The van der Waals surface area contributed by atoms with Crippen molar-refractivity contribution in [3.8, 4) is 0 Å². The van der Waals surface area contributed by atoms with Gasteiger partial charge in [0.25, 0.3) is 0 Å². The Kier molecular flexibility index (Phi) is 3.10. The summed E-state index contributed by atoms with van der Waals surface area (Å²) in [7, 11) is 0. The van der Waals surface area contributed by atoms with E-state index in [0.29, 0.717) is 5.95 Å². The summed E-state index contributed by atoms with van der Waals surface area (Å²) in [4.78, 5) is 8.79. The molecule has 2 heterocycles. The number of anilines is 2. The quantitative estimate of drug-likeness (QED) is 0.791. The van der Waals surface area contributed by atoms with Gasteiger partial charge in [0.1, 0.15) is 0 Å². The number of aryl methyl sites for hydroxylation is 3. The van der Waals surface area contributed by atoms with E-state index in [2.05, 4.69) is 33.4 Å². The van der Waals surface area contributed by atoms with Crippen LogP contribution in [-0.2, 0) is 6.54 Å². The lowest BCUT2D eigenvalue weighted by Gasteiger charge is -2.09. The monoisotopic (exact) mass is 267 g/mol. The van der Waals surface area contributed by atoms with E-state index in [0.717, 1.165) is 34.4 Å². The highest BCUT2D eigenvalue weighted by atomic mass is 15.3. The number of aromatic nitrogens is 4. The topological polar surface area (TPSA) is 55.6 Å². The van der Waals surface area contributed by atoms with Gasteiger partial charge in [0.15, 0.2) is 0 Å². The molecule has 0 saturated carbocycles. The zero-order valence-electron chi connectivity index (χ0n) is 11.9.